The smallest absolute Gasteiger partial charge is 0.209 e. The third-order valence-corrected chi connectivity index (χ3v) is 11.2. The van der Waals surface area contributed by atoms with Gasteiger partial charge in [0.25, 0.3) is 0 Å². The Labute approximate surface area is 303 Å². The summed E-state index contributed by atoms with van der Waals surface area (Å²) in [6.07, 6.45) is 0. The van der Waals surface area contributed by atoms with E-state index < -0.39 is 0 Å². The van der Waals surface area contributed by atoms with Gasteiger partial charge in [-0.2, -0.15) is 0 Å². The minimum atomic E-state index is -0.0757. The second-order valence-electron chi connectivity index (χ2n) is 14.0. The molecule has 1 aliphatic heterocycles. The topological polar surface area (TPSA) is 47.4 Å². The molecule has 248 valence electrons. The van der Waals surface area contributed by atoms with Crippen LogP contribution in [0.4, 0.5) is 5.69 Å². The third kappa shape index (κ3) is 3.99. The highest BCUT2D eigenvalue weighted by Gasteiger charge is 2.28. The molecule has 0 spiro atoms. The van der Waals surface area contributed by atoms with E-state index in [2.05, 4.69) is 184 Å². The number of hydrogen-bond donors (Lipinski definition) is 1. The highest BCUT2D eigenvalue weighted by molar-refractivity contribution is 6.30. The van der Waals surface area contributed by atoms with Gasteiger partial charge in [-0.1, -0.05) is 115 Å². The molecule has 12 rings (SSSR count). The molecule has 1 N–H and O–H groups in total. The zero-order valence-corrected chi connectivity index (χ0v) is 28.5. The van der Waals surface area contributed by atoms with E-state index >= 15 is 0 Å². The second kappa shape index (κ2) is 10.7. The number of rotatable bonds is 2. The van der Waals surface area contributed by atoms with Gasteiger partial charge >= 0.3 is 0 Å². The summed E-state index contributed by atoms with van der Waals surface area (Å²) < 4.78 is 11.6. The van der Waals surface area contributed by atoms with Crippen molar-refractivity contribution in [2.75, 3.05) is 0 Å². The normalized spacial score (nSPS) is 14.5. The van der Waals surface area contributed by atoms with Crippen LogP contribution < -0.4 is 5.32 Å². The summed E-state index contributed by atoms with van der Waals surface area (Å²) in [7, 11) is 0. The largest absolute Gasteiger partial charge is 0.455 e. The summed E-state index contributed by atoms with van der Waals surface area (Å²) in [4.78, 5) is 5.36. The summed E-state index contributed by atoms with van der Waals surface area (Å²) >= 11 is 0. The Kier molecular flexibility index (Phi) is 5.77. The molecule has 1 aliphatic rings. The van der Waals surface area contributed by atoms with Gasteiger partial charge in [-0.25, -0.2) is 4.99 Å². The number of para-hydroxylation sites is 3. The van der Waals surface area contributed by atoms with Gasteiger partial charge in [0.1, 0.15) is 11.2 Å². The minimum Gasteiger partial charge on any atom is -0.455 e. The predicted molar refractivity (Wildman–Crippen MR) is 219 cm³/mol. The molecule has 1 atom stereocenters. The van der Waals surface area contributed by atoms with Crippen molar-refractivity contribution in [3.8, 4) is 5.69 Å². The van der Waals surface area contributed by atoms with E-state index in [1.807, 2.05) is 0 Å². The van der Waals surface area contributed by atoms with Gasteiger partial charge in [0.05, 0.1) is 39.2 Å². The highest BCUT2D eigenvalue weighted by Crippen LogP contribution is 2.45. The zero-order valence-electron chi connectivity index (χ0n) is 28.5. The Hall–Kier alpha value is -7.11. The fourth-order valence-electron chi connectivity index (χ4n) is 8.86. The fourth-order valence-corrected chi connectivity index (χ4v) is 8.86. The van der Waals surface area contributed by atoms with Gasteiger partial charge in [-0.05, 0) is 70.9 Å². The molecular formula is C48H30N4O. The molecule has 1 unspecified atom stereocenters. The lowest BCUT2D eigenvalue weighted by atomic mass is 9.96. The summed E-state index contributed by atoms with van der Waals surface area (Å²) in [5, 5.41) is 13.2. The molecule has 11 aromatic rings. The fraction of sp³-hybridized carbons (Fsp3) is 0.0208. The van der Waals surface area contributed by atoms with Crippen LogP contribution in [-0.4, -0.2) is 15.1 Å². The molecule has 3 aromatic heterocycles. The molecule has 53 heavy (non-hydrogen) atoms. The number of furan rings is 1. The van der Waals surface area contributed by atoms with Crippen molar-refractivity contribution in [3.05, 3.63) is 181 Å². The Morgan fingerprint density at radius 1 is 0.491 bits per heavy atom. The Morgan fingerprint density at radius 3 is 2.11 bits per heavy atom. The quantitative estimate of drug-likeness (QED) is 0.198. The molecule has 0 radical (unpaired) electrons. The van der Waals surface area contributed by atoms with Crippen LogP contribution in [0.1, 0.15) is 17.2 Å². The van der Waals surface area contributed by atoms with Crippen molar-refractivity contribution in [1.29, 1.82) is 0 Å². The molecule has 5 nitrogen and oxygen atoms in total. The zero-order chi connectivity index (χ0) is 34.6. The first-order valence-corrected chi connectivity index (χ1v) is 18.1. The first-order valence-electron chi connectivity index (χ1n) is 18.1. The van der Waals surface area contributed by atoms with E-state index in [-0.39, 0.29) is 6.04 Å². The summed E-state index contributed by atoms with van der Waals surface area (Å²) in [5.74, 6) is 0.778. The summed E-state index contributed by atoms with van der Waals surface area (Å²) in [6.45, 7) is 0. The number of hydrogen-bond acceptors (Lipinski definition) is 3. The number of benzene rings is 8. The van der Waals surface area contributed by atoms with Crippen LogP contribution in [0.15, 0.2) is 179 Å². The maximum Gasteiger partial charge on any atom is 0.209 e. The molecule has 0 saturated carbocycles. The molecule has 5 heteroatoms. The van der Waals surface area contributed by atoms with Gasteiger partial charge in [0, 0.05) is 38.2 Å². The van der Waals surface area contributed by atoms with Crippen molar-refractivity contribution >= 4 is 88.0 Å². The maximum atomic E-state index is 6.92. The van der Waals surface area contributed by atoms with E-state index in [0.29, 0.717) is 0 Å². The van der Waals surface area contributed by atoms with Gasteiger partial charge in [-0.3, -0.25) is 4.57 Å². The lowest BCUT2D eigenvalue weighted by Crippen LogP contribution is -2.36. The van der Waals surface area contributed by atoms with Crippen LogP contribution in [-0.2, 0) is 0 Å². The van der Waals surface area contributed by atoms with E-state index in [1.165, 1.54) is 32.6 Å². The number of aromatic nitrogens is 2. The van der Waals surface area contributed by atoms with Crippen LogP contribution in [0.3, 0.4) is 0 Å². The second-order valence-corrected chi connectivity index (χ2v) is 14.0. The van der Waals surface area contributed by atoms with Crippen LogP contribution in [0.5, 0.6) is 0 Å². The monoisotopic (exact) mass is 678 g/mol. The minimum absolute atomic E-state index is 0.0757. The van der Waals surface area contributed by atoms with E-state index in [1.54, 1.807) is 0 Å². The number of nitrogens with zero attached hydrogens (tertiary/aromatic N) is 3. The molecule has 0 amide bonds. The van der Waals surface area contributed by atoms with Gasteiger partial charge in [0.15, 0.2) is 0 Å². The van der Waals surface area contributed by atoms with Crippen molar-refractivity contribution in [1.82, 2.24) is 14.5 Å². The average Bonchev–Trinajstić information content (AvgIpc) is 3.87. The van der Waals surface area contributed by atoms with Crippen LogP contribution >= 0.6 is 0 Å². The summed E-state index contributed by atoms with van der Waals surface area (Å²) in [5.41, 5.74) is 10.6. The molecular weight excluding hydrogens is 649 g/mol. The van der Waals surface area contributed by atoms with Crippen LogP contribution in [0.25, 0.3) is 82.0 Å². The predicted octanol–water partition coefficient (Wildman–Crippen LogP) is 12.2. The molecule has 4 heterocycles. The lowest BCUT2D eigenvalue weighted by Gasteiger charge is -2.28. The van der Waals surface area contributed by atoms with E-state index in [4.69, 9.17) is 9.41 Å². The van der Waals surface area contributed by atoms with Crippen molar-refractivity contribution in [3.63, 3.8) is 0 Å². The van der Waals surface area contributed by atoms with E-state index in [9.17, 15) is 0 Å². The number of nitrogens with one attached hydrogen (secondary N) is 1. The van der Waals surface area contributed by atoms with Gasteiger partial charge < -0.3 is 14.3 Å². The van der Waals surface area contributed by atoms with E-state index in [0.717, 1.165) is 72.2 Å². The lowest BCUT2D eigenvalue weighted by molar-refractivity contribution is 0.673. The molecule has 0 bridgehead atoms. The van der Waals surface area contributed by atoms with Crippen LogP contribution in [0, 0.1) is 0 Å². The Morgan fingerprint density at radius 2 is 1.23 bits per heavy atom. The Bertz CT molecular complexity index is 3310. The van der Waals surface area contributed by atoms with Crippen LogP contribution in [0.2, 0.25) is 0 Å². The number of aliphatic imine (C=N–C) groups is 1. The van der Waals surface area contributed by atoms with Gasteiger partial charge in [0.2, 0.25) is 5.96 Å². The van der Waals surface area contributed by atoms with Gasteiger partial charge in [-0.15, -0.1) is 0 Å². The van der Waals surface area contributed by atoms with Crippen molar-refractivity contribution < 1.29 is 4.42 Å². The third-order valence-electron chi connectivity index (χ3n) is 11.2. The highest BCUT2D eigenvalue weighted by atomic mass is 16.3. The van der Waals surface area contributed by atoms with Crippen molar-refractivity contribution in [2.45, 2.75) is 6.04 Å². The molecule has 0 aliphatic carbocycles. The summed E-state index contributed by atoms with van der Waals surface area (Å²) in [6, 6.07) is 60.5. The first-order chi connectivity index (χ1) is 26.3. The average molecular weight is 679 g/mol. The molecule has 8 aromatic carbocycles. The standard InChI is InChI=1S/C48H30N4O/c1-3-14-30(15-4-1)46-34-20-9-11-21-38(34)49-48(50-46)52-40-25-24-35-44-32-18-8-7-13-29(32)23-26-43(44)53-47(35)45(40)37-27-36-33-19-10-12-22-39(33)51(41(36)28-42(37)52)31-16-5-2-6-17-31/h1-28,46H,(H,49,50). The maximum absolute atomic E-state index is 6.92. The van der Waals surface area contributed by atoms with Crippen molar-refractivity contribution in [2.24, 2.45) is 4.99 Å². The molecule has 0 saturated heterocycles. The molecule has 0 fully saturated rings. The Balaban J connectivity index is 1.24. The number of fused-ring (bicyclic) bond motifs is 13. The SMILES string of the molecule is c1ccc(C2NC(n3c4cc5c(cc4c4c6oc7ccc8ccccc8c7c6ccc43)c3ccccc3n5-c3ccccc3)=Nc3ccccc32)cc1. The first kappa shape index (κ1) is 28.6.